The predicted molar refractivity (Wildman–Crippen MR) is 125 cm³/mol. The number of aliphatic hydroxyl groups excluding tert-OH is 1. The van der Waals surface area contributed by atoms with Crippen LogP contribution in [-0.2, 0) is 6.61 Å². The molecule has 0 aliphatic carbocycles. The first-order valence-electron chi connectivity index (χ1n) is 9.58. The zero-order valence-electron chi connectivity index (χ0n) is 16.7. The maximum Gasteiger partial charge on any atom is 0.151 e. The van der Waals surface area contributed by atoms with E-state index in [2.05, 4.69) is 27.1 Å². The van der Waals surface area contributed by atoms with Gasteiger partial charge in [-0.25, -0.2) is 14.4 Å². The van der Waals surface area contributed by atoms with Crippen LogP contribution in [0, 0.1) is 17.7 Å². The lowest BCUT2D eigenvalue weighted by atomic mass is 10.2. The van der Waals surface area contributed by atoms with Gasteiger partial charge in [0.1, 0.15) is 24.5 Å². The molecule has 0 amide bonds. The standard InChI is InChI=1S/C23H18ClFN4O2S/c24-19-9-17(5-7-21(19)31-12-14-2-1-3-15(25)8-14)29-23-22-20(27-13-28-23)10-18(32-22)6-4-16(26)11-30/h1-3,5,7-10,13,16,30H,11-12,26H2,(H,27,28,29). The Morgan fingerprint density at radius 1 is 1.22 bits per heavy atom. The average Bonchev–Trinajstić information content (AvgIpc) is 3.21. The Kier molecular flexibility index (Phi) is 6.83. The van der Waals surface area contributed by atoms with E-state index in [-0.39, 0.29) is 19.0 Å². The van der Waals surface area contributed by atoms with Gasteiger partial charge in [-0.15, -0.1) is 11.3 Å². The van der Waals surface area contributed by atoms with Crippen molar-refractivity contribution in [2.45, 2.75) is 12.6 Å². The van der Waals surface area contributed by atoms with E-state index in [0.717, 1.165) is 20.8 Å². The third-order valence-electron chi connectivity index (χ3n) is 4.37. The lowest BCUT2D eigenvalue weighted by Crippen LogP contribution is -2.21. The summed E-state index contributed by atoms with van der Waals surface area (Å²) in [6, 6.07) is 12.8. The highest BCUT2D eigenvalue weighted by molar-refractivity contribution is 7.20. The molecule has 4 aromatic rings. The Hall–Kier alpha value is -3.22. The molecule has 0 spiro atoms. The predicted octanol–water partition coefficient (Wildman–Crippen LogP) is 4.48. The van der Waals surface area contributed by atoms with Crippen molar-refractivity contribution in [1.82, 2.24) is 9.97 Å². The first kappa shape index (κ1) is 22.0. The largest absolute Gasteiger partial charge is 0.487 e. The first-order valence-corrected chi connectivity index (χ1v) is 10.8. The van der Waals surface area contributed by atoms with Crippen molar-refractivity contribution in [2.75, 3.05) is 11.9 Å². The number of rotatable bonds is 6. The van der Waals surface area contributed by atoms with Gasteiger partial charge in [0.15, 0.2) is 5.82 Å². The maximum absolute atomic E-state index is 13.3. The molecule has 2 heterocycles. The van der Waals surface area contributed by atoms with Crippen molar-refractivity contribution in [3.8, 4) is 17.6 Å². The van der Waals surface area contributed by atoms with E-state index >= 15 is 0 Å². The first-order chi connectivity index (χ1) is 15.5. The second-order valence-electron chi connectivity index (χ2n) is 6.79. The van der Waals surface area contributed by atoms with Gasteiger partial charge in [-0.1, -0.05) is 35.6 Å². The molecule has 9 heteroatoms. The van der Waals surface area contributed by atoms with Crippen LogP contribution in [0.1, 0.15) is 10.4 Å². The SMILES string of the molecule is NC(C#Cc1cc2ncnc(Nc3ccc(OCc4cccc(F)c4)c(Cl)c3)c2s1)CO. The molecule has 4 N–H and O–H groups in total. The summed E-state index contributed by atoms with van der Waals surface area (Å²) in [5.41, 5.74) is 7.81. The highest BCUT2D eigenvalue weighted by atomic mass is 35.5. The Labute approximate surface area is 192 Å². The van der Waals surface area contributed by atoms with Crippen LogP contribution in [0.2, 0.25) is 5.02 Å². The Morgan fingerprint density at radius 3 is 2.88 bits per heavy atom. The number of hydrogen-bond acceptors (Lipinski definition) is 7. The average molecular weight is 469 g/mol. The molecular formula is C23H18ClFN4O2S. The summed E-state index contributed by atoms with van der Waals surface area (Å²) in [7, 11) is 0. The molecule has 1 atom stereocenters. The molecule has 162 valence electrons. The molecule has 6 nitrogen and oxygen atoms in total. The van der Waals surface area contributed by atoms with Crippen LogP contribution in [0.3, 0.4) is 0 Å². The summed E-state index contributed by atoms with van der Waals surface area (Å²) >= 11 is 7.80. The molecule has 0 bridgehead atoms. The van der Waals surface area contributed by atoms with Gasteiger partial charge < -0.3 is 20.9 Å². The van der Waals surface area contributed by atoms with Crippen molar-refractivity contribution in [2.24, 2.45) is 5.73 Å². The number of nitrogens with two attached hydrogens (primary N) is 1. The lowest BCUT2D eigenvalue weighted by molar-refractivity contribution is 0.287. The van der Waals surface area contributed by atoms with Gasteiger partial charge in [0.05, 0.1) is 32.8 Å². The van der Waals surface area contributed by atoms with Gasteiger partial charge in [-0.3, -0.25) is 0 Å². The maximum atomic E-state index is 13.3. The zero-order chi connectivity index (χ0) is 22.5. The topological polar surface area (TPSA) is 93.3 Å². The molecule has 0 radical (unpaired) electrons. The van der Waals surface area contributed by atoms with Gasteiger partial charge in [0, 0.05) is 5.69 Å². The zero-order valence-corrected chi connectivity index (χ0v) is 18.3. The van der Waals surface area contributed by atoms with Crippen LogP contribution in [0.15, 0.2) is 54.9 Å². The van der Waals surface area contributed by atoms with Crippen LogP contribution in [0.4, 0.5) is 15.9 Å². The number of hydrogen-bond donors (Lipinski definition) is 3. The minimum absolute atomic E-state index is 0.201. The van der Waals surface area contributed by atoms with Gasteiger partial charge in [0.2, 0.25) is 0 Å². The molecule has 1 unspecified atom stereocenters. The lowest BCUT2D eigenvalue weighted by Gasteiger charge is -2.11. The van der Waals surface area contributed by atoms with E-state index in [1.807, 2.05) is 12.1 Å². The van der Waals surface area contributed by atoms with Crippen LogP contribution in [0.5, 0.6) is 5.75 Å². The summed E-state index contributed by atoms with van der Waals surface area (Å²) in [5.74, 6) is 6.53. The van der Waals surface area contributed by atoms with Crippen molar-refractivity contribution in [1.29, 1.82) is 0 Å². The quantitative estimate of drug-likeness (QED) is 0.361. The number of ether oxygens (including phenoxy) is 1. The van der Waals surface area contributed by atoms with E-state index in [9.17, 15) is 4.39 Å². The van der Waals surface area contributed by atoms with E-state index in [4.69, 9.17) is 27.2 Å². The number of thiophene rings is 1. The van der Waals surface area contributed by atoms with Crippen molar-refractivity contribution in [3.63, 3.8) is 0 Å². The van der Waals surface area contributed by atoms with E-state index in [0.29, 0.717) is 22.2 Å². The molecule has 2 aromatic heterocycles. The van der Waals surface area contributed by atoms with Gasteiger partial charge in [-0.2, -0.15) is 0 Å². The minimum Gasteiger partial charge on any atom is -0.487 e. The highest BCUT2D eigenvalue weighted by Gasteiger charge is 2.10. The van der Waals surface area contributed by atoms with Gasteiger partial charge >= 0.3 is 0 Å². The van der Waals surface area contributed by atoms with Crippen LogP contribution < -0.4 is 15.8 Å². The summed E-state index contributed by atoms with van der Waals surface area (Å²) in [6.45, 7) is 0.00292. The molecule has 0 fully saturated rings. The van der Waals surface area contributed by atoms with Crippen molar-refractivity contribution in [3.05, 3.63) is 76.1 Å². The number of aromatic nitrogens is 2. The van der Waals surface area contributed by atoms with Crippen LogP contribution >= 0.6 is 22.9 Å². The minimum atomic E-state index is -0.590. The number of benzene rings is 2. The number of nitrogens with zero attached hydrogens (tertiary/aromatic N) is 2. The molecule has 4 rings (SSSR count). The van der Waals surface area contributed by atoms with Crippen LogP contribution in [-0.4, -0.2) is 27.7 Å². The third kappa shape index (κ3) is 5.33. The van der Waals surface area contributed by atoms with E-state index < -0.39 is 6.04 Å². The Bertz CT molecular complexity index is 1320. The van der Waals surface area contributed by atoms with Gasteiger partial charge in [0.25, 0.3) is 0 Å². The number of halogens is 2. The fourth-order valence-corrected chi connectivity index (χ4v) is 3.99. The number of aliphatic hydroxyl groups is 1. The third-order valence-corrected chi connectivity index (χ3v) is 5.71. The van der Waals surface area contributed by atoms with Crippen molar-refractivity contribution < 1.29 is 14.2 Å². The molecule has 0 aliphatic heterocycles. The fourth-order valence-electron chi connectivity index (χ4n) is 2.83. The monoisotopic (exact) mass is 468 g/mol. The molecule has 32 heavy (non-hydrogen) atoms. The highest BCUT2D eigenvalue weighted by Crippen LogP contribution is 2.33. The second-order valence-corrected chi connectivity index (χ2v) is 8.25. The Balaban J connectivity index is 1.50. The second kappa shape index (κ2) is 9.94. The number of anilines is 2. The Morgan fingerprint density at radius 2 is 2.09 bits per heavy atom. The van der Waals surface area contributed by atoms with Gasteiger partial charge in [-0.05, 0) is 42.0 Å². The van der Waals surface area contributed by atoms with Crippen molar-refractivity contribution >= 4 is 44.7 Å². The van der Waals surface area contributed by atoms with Crippen LogP contribution in [0.25, 0.3) is 10.2 Å². The molecular weight excluding hydrogens is 451 g/mol. The summed E-state index contributed by atoms with van der Waals surface area (Å²) in [5, 5.41) is 12.7. The van der Waals surface area contributed by atoms with E-state index in [1.54, 1.807) is 24.3 Å². The fraction of sp³-hybridized carbons (Fsp3) is 0.130. The summed E-state index contributed by atoms with van der Waals surface area (Å²) in [6.07, 6.45) is 1.46. The summed E-state index contributed by atoms with van der Waals surface area (Å²) < 4.78 is 19.9. The number of nitrogens with one attached hydrogen (secondary N) is 1. The smallest absolute Gasteiger partial charge is 0.151 e. The number of fused-ring (bicyclic) bond motifs is 1. The normalized spacial score (nSPS) is 11.6. The molecule has 0 aliphatic rings. The molecule has 0 saturated carbocycles. The summed E-state index contributed by atoms with van der Waals surface area (Å²) in [4.78, 5) is 9.38. The molecule has 0 saturated heterocycles. The molecule has 2 aromatic carbocycles. The van der Waals surface area contributed by atoms with E-state index in [1.165, 1.54) is 29.8 Å².